The van der Waals surface area contributed by atoms with Crippen molar-refractivity contribution in [2.75, 3.05) is 0 Å². The molecule has 1 heterocycles. The molecular weight excluding hydrogens is 293 g/mol. The maximum atomic E-state index is 14.1. The van der Waals surface area contributed by atoms with E-state index in [1.807, 2.05) is 13.0 Å². The molecule has 0 saturated carbocycles. The summed E-state index contributed by atoms with van der Waals surface area (Å²) in [6.07, 6.45) is 0. The van der Waals surface area contributed by atoms with Crippen molar-refractivity contribution in [3.8, 4) is 0 Å². The van der Waals surface area contributed by atoms with E-state index in [-0.39, 0.29) is 11.4 Å². The Morgan fingerprint density at radius 1 is 1.35 bits per heavy atom. The van der Waals surface area contributed by atoms with Gasteiger partial charge >= 0.3 is 0 Å². The van der Waals surface area contributed by atoms with E-state index in [1.165, 1.54) is 29.4 Å². The van der Waals surface area contributed by atoms with E-state index in [4.69, 9.17) is 0 Å². The highest BCUT2D eigenvalue weighted by molar-refractivity contribution is 8.01. The Morgan fingerprint density at radius 2 is 2.10 bits per heavy atom. The van der Waals surface area contributed by atoms with Gasteiger partial charge in [-0.3, -0.25) is 0 Å². The van der Waals surface area contributed by atoms with Crippen molar-refractivity contribution in [3.63, 3.8) is 0 Å². The Labute approximate surface area is 127 Å². The normalized spacial score (nSPS) is 11.8. The van der Waals surface area contributed by atoms with Crippen LogP contribution in [0.1, 0.15) is 32.2 Å². The molecule has 0 bridgehead atoms. The zero-order chi connectivity index (χ0) is 14.8. The molecule has 0 atom stereocenters. The molecule has 0 aliphatic heterocycles. The van der Waals surface area contributed by atoms with Gasteiger partial charge < -0.3 is 5.32 Å². The third-order valence-corrected chi connectivity index (χ3v) is 4.56. The lowest BCUT2D eigenvalue weighted by molar-refractivity contribution is 0.421. The lowest BCUT2D eigenvalue weighted by Crippen LogP contribution is -2.35. The Bertz CT molecular complexity index is 590. The second-order valence-corrected chi connectivity index (χ2v) is 7.55. The van der Waals surface area contributed by atoms with Crippen LogP contribution >= 0.6 is 23.3 Å². The molecule has 0 radical (unpaired) electrons. The predicted octanol–water partition coefficient (Wildman–Crippen LogP) is 4.02. The van der Waals surface area contributed by atoms with Crippen LogP contribution in [-0.2, 0) is 6.54 Å². The summed E-state index contributed by atoms with van der Waals surface area (Å²) in [7, 11) is 0. The average molecular weight is 311 g/mol. The van der Waals surface area contributed by atoms with E-state index in [1.54, 1.807) is 6.07 Å². The number of halogens is 1. The highest BCUT2D eigenvalue weighted by Gasteiger charge is 2.15. The van der Waals surface area contributed by atoms with Crippen molar-refractivity contribution in [2.24, 2.45) is 0 Å². The molecule has 1 aromatic carbocycles. The standard InChI is InChI=1S/C14H18FN3S2/c1-9-17-13(20-18-9)19-12-10(6-5-7-11(12)15)8-16-14(2,3)4/h5-7,16H,8H2,1-4H3. The molecule has 0 saturated heterocycles. The molecule has 0 unspecified atom stereocenters. The fourth-order valence-electron chi connectivity index (χ4n) is 1.57. The molecule has 0 amide bonds. The summed E-state index contributed by atoms with van der Waals surface area (Å²) in [6, 6.07) is 5.17. The largest absolute Gasteiger partial charge is 0.308 e. The molecule has 2 rings (SSSR count). The molecular formula is C14H18FN3S2. The summed E-state index contributed by atoms with van der Waals surface area (Å²) in [6.45, 7) is 8.74. The first-order valence-electron chi connectivity index (χ1n) is 6.36. The van der Waals surface area contributed by atoms with Crippen LogP contribution in [0.5, 0.6) is 0 Å². The highest BCUT2D eigenvalue weighted by Crippen LogP contribution is 2.33. The number of aromatic nitrogens is 2. The first-order chi connectivity index (χ1) is 9.35. The molecule has 108 valence electrons. The van der Waals surface area contributed by atoms with Crippen LogP contribution in [0.25, 0.3) is 0 Å². The maximum absolute atomic E-state index is 14.1. The quantitative estimate of drug-likeness (QED) is 0.925. The van der Waals surface area contributed by atoms with Gasteiger partial charge in [-0.1, -0.05) is 23.9 Å². The summed E-state index contributed by atoms with van der Waals surface area (Å²) >= 11 is 2.64. The number of rotatable bonds is 4. The Hall–Kier alpha value is -0.980. The highest BCUT2D eigenvalue weighted by atomic mass is 32.2. The van der Waals surface area contributed by atoms with Crippen LogP contribution < -0.4 is 5.32 Å². The molecule has 0 aliphatic carbocycles. The minimum Gasteiger partial charge on any atom is -0.308 e. The van der Waals surface area contributed by atoms with Crippen LogP contribution in [0, 0.1) is 12.7 Å². The van der Waals surface area contributed by atoms with E-state index in [0.29, 0.717) is 11.4 Å². The number of nitrogens with one attached hydrogen (secondary N) is 1. The number of hydrogen-bond acceptors (Lipinski definition) is 5. The van der Waals surface area contributed by atoms with Gasteiger partial charge in [0.2, 0.25) is 0 Å². The monoisotopic (exact) mass is 311 g/mol. The topological polar surface area (TPSA) is 37.8 Å². The minimum atomic E-state index is -0.212. The Balaban J connectivity index is 2.22. The summed E-state index contributed by atoms with van der Waals surface area (Å²) in [4.78, 5) is 4.91. The minimum absolute atomic E-state index is 0.00637. The first kappa shape index (κ1) is 15.4. The van der Waals surface area contributed by atoms with Crippen molar-refractivity contribution in [1.29, 1.82) is 0 Å². The molecule has 2 aromatic rings. The number of aryl methyl sites for hydroxylation is 1. The van der Waals surface area contributed by atoms with E-state index in [9.17, 15) is 4.39 Å². The van der Waals surface area contributed by atoms with Gasteiger partial charge in [0.1, 0.15) is 11.6 Å². The van der Waals surface area contributed by atoms with E-state index in [0.717, 1.165) is 15.7 Å². The zero-order valence-corrected chi connectivity index (χ0v) is 13.7. The molecule has 1 aromatic heterocycles. The van der Waals surface area contributed by atoms with Crippen LogP contribution in [0.3, 0.4) is 0 Å². The fraction of sp³-hybridized carbons (Fsp3) is 0.429. The van der Waals surface area contributed by atoms with Crippen molar-refractivity contribution in [2.45, 2.75) is 49.0 Å². The second kappa shape index (κ2) is 6.20. The van der Waals surface area contributed by atoms with E-state index in [2.05, 4.69) is 35.4 Å². The predicted molar refractivity (Wildman–Crippen MR) is 81.8 cm³/mol. The number of benzene rings is 1. The van der Waals surface area contributed by atoms with Crippen molar-refractivity contribution in [3.05, 3.63) is 35.4 Å². The molecule has 0 aliphatic rings. The SMILES string of the molecule is Cc1nsc(Sc2c(F)cccc2CNC(C)(C)C)n1. The molecule has 6 heteroatoms. The summed E-state index contributed by atoms with van der Waals surface area (Å²) in [5.74, 6) is 0.513. The fourth-order valence-corrected chi connectivity index (χ4v) is 3.30. The van der Waals surface area contributed by atoms with Crippen LogP contribution in [-0.4, -0.2) is 14.9 Å². The van der Waals surface area contributed by atoms with Gasteiger partial charge in [0.05, 0.1) is 4.90 Å². The Kier molecular flexibility index (Phi) is 4.78. The zero-order valence-electron chi connectivity index (χ0n) is 12.0. The van der Waals surface area contributed by atoms with Crippen LogP contribution in [0.2, 0.25) is 0 Å². The molecule has 0 fully saturated rings. The third kappa shape index (κ3) is 4.26. The van der Waals surface area contributed by atoms with E-state index < -0.39 is 0 Å². The maximum Gasteiger partial charge on any atom is 0.174 e. The van der Waals surface area contributed by atoms with Gasteiger partial charge in [0.25, 0.3) is 0 Å². The average Bonchev–Trinajstić information content (AvgIpc) is 2.75. The van der Waals surface area contributed by atoms with Crippen molar-refractivity contribution >= 4 is 23.3 Å². The molecule has 20 heavy (non-hydrogen) atoms. The van der Waals surface area contributed by atoms with Crippen molar-refractivity contribution < 1.29 is 4.39 Å². The first-order valence-corrected chi connectivity index (χ1v) is 7.95. The smallest absolute Gasteiger partial charge is 0.174 e. The number of nitrogens with zero attached hydrogens (tertiary/aromatic N) is 2. The van der Waals surface area contributed by atoms with Gasteiger partial charge in [-0.25, -0.2) is 9.37 Å². The summed E-state index contributed by atoms with van der Waals surface area (Å²) < 4.78 is 19.0. The third-order valence-electron chi connectivity index (χ3n) is 2.56. The van der Waals surface area contributed by atoms with Gasteiger partial charge in [-0.15, -0.1) is 0 Å². The van der Waals surface area contributed by atoms with Crippen LogP contribution in [0.4, 0.5) is 4.39 Å². The molecule has 1 N–H and O–H groups in total. The molecule has 0 spiro atoms. The number of hydrogen-bond donors (Lipinski definition) is 1. The van der Waals surface area contributed by atoms with Gasteiger partial charge in [-0.05, 0) is 50.9 Å². The Morgan fingerprint density at radius 3 is 2.70 bits per heavy atom. The van der Waals surface area contributed by atoms with Crippen LogP contribution in [0.15, 0.2) is 27.4 Å². The summed E-state index contributed by atoms with van der Waals surface area (Å²) in [5.41, 5.74) is 0.936. The summed E-state index contributed by atoms with van der Waals surface area (Å²) in [5, 5.41) is 3.38. The molecule has 3 nitrogen and oxygen atoms in total. The van der Waals surface area contributed by atoms with E-state index >= 15 is 0 Å². The lowest BCUT2D eigenvalue weighted by atomic mass is 10.1. The lowest BCUT2D eigenvalue weighted by Gasteiger charge is -2.21. The van der Waals surface area contributed by atoms with Gasteiger partial charge in [0, 0.05) is 12.1 Å². The second-order valence-electron chi connectivity index (χ2n) is 5.54. The van der Waals surface area contributed by atoms with Crippen molar-refractivity contribution in [1.82, 2.24) is 14.7 Å². The van der Waals surface area contributed by atoms with Gasteiger partial charge in [0.15, 0.2) is 4.34 Å². The van der Waals surface area contributed by atoms with Gasteiger partial charge in [-0.2, -0.15) is 4.37 Å².